The molecular weight excluding hydrogens is 521 g/mol. The number of benzene rings is 3. The zero-order valence-electron chi connectivity index (χ0n) is 14.4. The van der Waals surface area contributed by atoms with Crippen LogP contribution in [0.25, 0.3) is 0 Å². The van der Waals surface area contributed by atoms with Gasteiger partial charge in [-0.1, -0.05) is 89.5 Å². The molecule has 0 saturated carbocycles. The van der Waals surface area contributed by atoms with Gasteiger partial charge in [0.1, 0.15) is 0 Å². The number of hydrogen-bond donors (Lipinski definition) is 0. The van der Waals surface area contributed by atoms with Crippen LogP contribution >= 0.6 is 0 Å². The Morgan fingerprint density at radius 2 is 0.640 bits per heavy atom. The fraction of sp³-hybridized carbons (Fsp3) is 0.143. The molecule has 1 radical (unpaired) electrons. The Labute approximate surface area is 207 Å². The molecule has 25 heavy (non-hydrogen) atoms. The molecule has 0 N–H and O–H groups in total. The molecule has 0 bridgehead atoms. The van der Waals surface area contributed by atoms with Crippen LogP contribution in [-0.4, -0.2) is 0 Å². The van der Waals surface area contributed by atoms with Crippen molar-refractivity contribution in [1.82, 2.24) is 0 Å². The van der Waals surface area contributed by atoms with Crippen LogP contribution < -0.4 is 0 Å². The predicted octanol–water partition coefficient (Wildman–Crippen LogP) is 5.70. The first-order chi connectivity index (χ1) is 11.4. The summed E-state index contributed by atoms with van der Waals surface area (Å²) >= 11 is 14.9. The Kier molecular flexibility index (Phi) is 13.9. The van der Waals surface area contributed by atoms with Gasteiger partial charge in [0.05, 0.1) is 0 Å². The van der Waals surface area contributed by atoms with Crippen molar-refractivity contribution in [2.75, 3.05) is 0 Å². The Hall–Kier alpha value is -0.161. The van der Waals surface area contributed by atoms with Gasteiger partial charge in [-0.05, 0) is 20.8 Å². The van der Waals surface area contributed by atoms with E-state index in [1.165, 1.54) is 16.7 Å². The predicted molar refractivity (Wildman–Crippen MR) is 110 cm³/mol. The molecule has 0 atom stereocenters. The summed E-state index contributed by atoms with van der Waals surface area (Å²) in [5.41, 5.74) is 3.55. The van der Waals surface area contributed by atoms with Crippen molar-refractivity contribution in [2.45, 2.75) is 35.5 Å². The Bertz CT molecular complexity index is 591. The van der Waals surface area contributed by atoms with E-state index in [1.54, 1.807) is 0 Å². The van der Waals surface area contributed by atoms with E-state index in [0.717, 1.165) is 14.7 Å². The summed E-state index contributed by atoms with van der Waals surface area (Å²) < 4.78 is 0. The molecule has 3 rings (SSSR count). The van der Waals surface area contributed by atoms with Crippen LogP contribution in [-0.2, 0) is 37.9 Å². The van der Waals surface area contributed by atoms with Gasteiger partial charge in [-0.2, -0.15) is 14.7 Å². The average Bonchev–Trinajstić information content (AvgIpc) is 2.57. The summed E-state index contributed by atoms with van der Waals surface area (Å²) in [5.74, 6) is 0. The minimum atomic E-state index is 0. The standard InChI is InChI=1S/3C7H8S.Yb/c3*1-6-4-2-3-5-7(6)8;/h3*2-5,8H,1H3;/q;;;+3/p-3. The van der Waals surface area contributed by atoms with Crippen molar-refractivity contribution in [1.29, 1.82) is 0 Å². The van der Waals surface area contributed by atoms with Crippen LogP contribution in [0.2, 0.25) is 0 Å². The zero-order chi connectivity index (χ0) is 17.9. The van der Waals surface area contributed by atoms with Gasteiger partial charge in [0.2, 0.25) is 0 Å². The van der Waals surface area contributed by atoms with Gasteiger partial charge in [-0.3, -0.25) is 0 Å². The molecular formula is C21H21S3Yb. The molecule has 137 valence electrons. The van der Waals surface area contributed by atoms with Crippen molar-refractivity contribution in [3.8, 4) is 0 Å². The maximum atomic E-state index is 4.95. The zero-order valence-corrected chi connectivity index (χ0v) is 18.6. The van der Waals surface area contributed by atoms with E-state index < -0.39 is 0 Å². The Morgan fingerprint density at radius 3 is 0.760 bits per heavy atom. The maximum absolute atomic E-state index is 4.95. The third kappa shape index (κ3) is 10.5. The van der Waals surface area contributed by atoms with Crippen molar-refractivity contribution >= 4 is 37.9 Å². The summed E-state index contributed by atoms with van der Waals surface area (Å²) in [4.78, 5) is 2.85. The molecule has 0 unspecified atom stereocenters. The Balaban J connectivity index is 0.000000339. The first kappa shape index (κ1) is 24.8. The molecule has 0 aliphatic rings. The van der Waals surface area contributed by atoms with Gasteiger partial charge in [0, 0.05) is 0 Å². The van der Waals surface area contributed by atoms with E-state index in [2.05, 4.69) is 0 Å². The third-order valence-electron chi connectivity index (χ3n) is 3.28. The molecule has 0 amide bonds. The van der Waals surface area contributed by atoms with Crippen molar-refractivity contribution < 1.29 is 46.9 Å². The average molecular weight is 543 g/mol. The summed E-state index contributed by atoms with van der Waals surface area (Å²) in [6, 6.07) is 23.7. The summed E-state index contributed by atoms with van der Waals surface area (Å²) in [6.45, 7) is 6.05. The number of rotatable bonds is 0. The Morgan fingerprint density at radius 1 is 0.440 bits per heavy atom. The smallest absolute Gasteiger partial charge is 0.779 e. The van der Waals surface area contributed by atoms with Crippen molar-refractivity contribution in [3.63, 3.8) is 0 Å². The van der Waals surface area contributed by atoms with Crippen LogP contribution in [0.1, 0.15) is 16.7 Å². The van der Waals surface area contributed by atoms with Gasteiger partial charge in [-0.15, -0.1) is 0 Å². The molecule has 0 saturated heterocycles. The van der Waals surface area contributed by atoms with Crippen LogP contribution in [0.15, 0.2) is 87.5 Å². The molecule has 0 fully saturated rings. The summed E-state index contributed by atoms with van der Waals surface area (Å²) in [7, 11) is 0. The van der Waals surface area contributed by atoms with Crippen molar-refractivity contribution in [2.24, 2.45) is 0 Å². The molecule has 0 aliphatic heterocycles. The first-order valence-electron chi connectivity index (χ1n) is 7.59. The molecule has 0 aliphatic carbocycles. The molecule has 0 heterocycles. The minimum absolute atomic E-state index is 0. The molecule has 3 aromatic rings. The van der Waals surface area contributed by atoms with Crippen molar-refractivity contribution in [3.05, 3.63) is 89.5 Å². The fourth-order valence-electron chi connectivity index (χ4n) is 1.67. The summed E-state index contributed by atoms with van der Waals surface area (Å²) in [6.07, 6.45) is 0. The second-order valence-corrected chi connectivity index (χ2v) is 6.62. The van der Waals surface area contributed by atoms with Crippen LogP contribution in [0.5, 0.6) is 0 Å². The normalized spacial score (nSPS) is 8.76. The largest absolute Gasteiger partial charge is 3.00 e. The molecule has 0 nitrogen and oxygen atoms in total. The fourth-order valence-corrected chi connectivity index (χ4v) is 2.11. The molecule has 0 aromatic heterocycles. The monoisotopic (exact) mass is 543 g/mol. The van der Waals surface area contributed by atoms with Gasteiger partial charge in [0.25, 0.3) is 0 Å². The third-order valence-corrected chi connectivity index (χ3v) is 4.65. The van der Waals surface area contributed by atoms with Crippen LogP contribution in [0, 0.1) is 67.7 Å². The summed E-state index contributed by atoms with van der Waals surface area (Å²) in [5, 5.41) is 0. The van der Waals surface area contributed by atoms with E-state index in [9.17, 15) is 0 Å². The molecule has 3 aromatic carbocycles. The van der Waals surface area contributed by atoms with E-state index >= 15 is 0 Å². The molecule has 0 spiro atoms. The van der Waals surface area contributed by atoms with Gasteiger partial charge in [0.15, 0.2) is 0 Å². The topological polar surface area (TPSA) is 0 Å². The second kappa shape index (κ2) is 14.0. The van der Waals surface area contributed by atoms with E-state index in [0.29, 0.717) is 0 Å². The molecule has 4 heteroatoms. The van der Waals surface area contributed by atoms with E-state index in [-0.39, 0.29) is 46.9 Å². The number of aryl methyl sites for hydroxylation is 3. The quantitative estimate of drug-likeness (QED) is 0.335. The first-order valence-corrected chi connectivity index (χ1v) is 8.82. The number of hydrogen-bond acceptors (Lipinski definition) is 3. The van der Waals surface area contributed by atoms with E-state index in [4.69, 9.17) is 37.9 Å². The maximum Gasteiger partial charge on any atom is 3.00 e. The van der Waals surface area contributed by atoms with Crippen LogP contribution in [0.4, 0.5) is 0 Å². The van der Waals surface area contributed by atoms with Gasteiger partial charge < -0.3 is 37.9 Å². The van der Waals surface area contributed by atoms with Gasteiger partial charge >= 0.3 is 46.9 Å². The van der Waals surface area contributed by atoms with Gasteiger partial charge in [-0.25, -0.2) is 0 Å². The van der Waals surface area contributed by atoms with Crippen LogP contribution in [0.3, 0.4) is 0 Å². The second-order valence-electron chi connectivity index (χ2n) is 5.30. The SMILES string of the molecule is Cc1ccccc1[S-].Cc1ccccc1[S-].Cc1ccccc1[S-].[Yb+3]. The minimum Gasteiger partial charge on any atom is -0.779 e. The van der Waals surface area contributed by atoms with E-state index in [1.807, 2.05) is 93.6 Å².